The first kappa shape index (κ1) is 18.3. The van der Waals surface area contributed by atoms with Crippen molar-refractivity contribution < 1.29 is 13.5 Å². The van der Waals surface area contributed by atoms with E-state index in [1.807, 2.05) is 6.92 Å². The van der Waals surface area contributed by atoms with Crippen molar-refractivity contribution in [2.24, 2.45) is 5.10 Å². The van der Waals surface area contributed by atoms with Gasteiger partial charge in [-0.15, -0.1) is 0 Å². The Bertz CT molecular complexity index is 850. The minimum atomic E-state index is -3.76. The number of rotatable bonds is 6. The van der Waals surface area contributed by atoms with Crippen LogP contribution in [-0.2, 0) is 10.0 Å². The van der Waals surface area contributed by atoms with Gasteiger partial charge in [0, 0.05) is 10.6 Å². The van der Waals surface area contributed by atoms with Crippen molar-refractivity contribution in [3.63, 3.8) is 0 Å². The summed E-state index contributed by atoms with van der Waals surface area (Å²) in [5.74, 6) is 0.0167. The lowest BCUT2D eigenvalue weighted by Crippen LogP contribution is -2.20. The van der Waals surface area contributed by atoms with Gasteiger partial charge in [-0.25, -0.2) is 0 Å². The summed E-state index contributed by atoms with van der Waals surface area (Å²) in [7, 11) is -3.76. The summed E-state index contributed by atoms with van der Waals surface area (Å²) in [5.41, 5.74) is 1.58. The molecule has 0 atom stereocenters. The lowest BCUT2D eigenvalue weighted by molar-refractivity contribution is 0.473. The van der Waals surface area contributed by atoms with E-state index in [2.05, 4.69) is 9.93 Å². The van der Waals surface area contributed by atoms with Crippen LogP contribution in [0.15, 0.2) is 52.5 Å². The van der Waals surface area contributed by atoms with Crippen LogP contribution in [0, 0.1) is 6.92 Å². The van der Waals surface area contributed by atoms with E-state index in [0.29, 0.717) is 22.7 Å². The van der Waals surface area contributed by atoms with Gasteiger partial charge >= 0.3 is 0 Å². The Morgan fingerprint density at radius 1 is 1.25 bits per heavy atom. The minimum absolute atomic E-state index is 0.0167. The Kier molecular flexibility index (Phi) is 5.85. The number of nitrogens with zero attached hydrogens (tertiary/aromatic N) is 1. The van der Waals surface area contributed by atoms with Crippen LogP contribution in [-0.4, -0.2) is 19.2 Å². The van der Waals surface area contributed by atoms with Gasteiger partial charge < -0.3 is 5.11 Å². The van der Waals surface area contributed by atoms with Crippen LogP contribution in [0.3, 0.4) is 0 Å². The molecule has 5 nitrogen and oxygen atoms in total. The van der Waals surface area contributed by atoms with Crippen molar-refractivity contribution in [2.45, 2.75) is 31.6 Å². The summed E-state index contributed by atoms with van der Waals surface area (Å²) in [5, 5.41) is 14.6. The SMILES string of the molecule is CCC/C(=N/NS(=O)(=O)c1ccccc1)c1cc(Cl)c(C)cc1O. The van der Waals surface area contributed by atoms with E-state index in [1.165, 1.54) is 18.2 Å². The van der Waals surface area contributed by atoms with E-state index in [0.717, 1.165) is 12.0 Å². The first-order chi connectivity index (χ1) is 11.3. The Hall–Kier alpha value is -2.05. The Morgan fingerprint density at radius 2 is 1.92 bits per heavy atom. The molecule has 0 fully saturated rings. The third-order valence-electron chi connectivity index (χ3n) is 3.43. The molecule has 0 aliphatic carbocycles. The summed E-state index contributed by atoms with van der Waals surface area (Å²) in [4.78, 5) is 2.35. The summed E-state index contributed by atoms with van der Waals surface area (Å²) < 4.78 is 24.5. The monoisotopic (exact) mass is 366 g/mol. The molecule has 0 aromatic heterocycles. The molecule has 0 radical (unpaired) electrons. The van der Waals surface area contributed by atoms with Crippen molar-refractivity contribution in [2.75, 3.05) is 0 Å². The molecule has 0 saturated heterocycles. The van der Waals surface area contributed by atoms with Crippen LogP contribution in [0.1, 0.15) is 30.9 Å². The Balaban J connectivity index is 2.38. The quantitative estimate of drug-likeness (QED) is 0.602. The number of hydrogen-bond donors (Lipinski definition) is 2. The fraction of sp³-hybridized carbons (Fsp3) is 0.235. The Labute approximate surface area is 147 Å². The summed E-state index contributed by atoms with van der Waals surface area (Å²) >= 11 is 6.11. The lowest BCUT2D eigenvalue weighted by atomic mass is 10.0. The molecule has 0 bridgehead atoms. The molecule has 0 unspecified atom stereocenters. The second-order valence-corrected chi connectivity index (χ2v) is 7.40. The lowest BCUT2D eigenvalue weighted by Gasteiger charge is -2.11. The van der Waals surface area contributed by atoms with Gasteiger partial charge in [-0.3, -0.25) is 0 Å². The van der Waals surface area contributed by atoms with Crippen LogP contribution < -0.4 is 4.83 Å². The third-order valence-corrected chi connectivity index (χ3v) is 5.06. The highest BCUT2D eigenvalue weighted by Gasteiger charge is 2.15. The maximum atomic E-state index is 12.3. The van der Waals surface area contributed by atoms with Crippen molar-refractivity contribution in [1.29, 1.82) is 0 Å². The van der Waals surface area contributed by atoms with Crippen LogP contribution >= 0.6 is 11.6 Å². The zero-order chi connectivity index (χ0) is 17.7. The van der Waals surface area contributed by atoms with Gasteiger partial charge in [0.05, 0.1) is 10.6 Å². The number of hydrogen-bond acceptors (Lipinski definition) is 4. The highest BCUT2D eigenvalue weighted by molar-refractivity contribution is 7.89. The molecular weight excluding hydrogens is 348 g/mol. The second-order valence-electron chi connectivity index (χ2n) is 5.33. The molecule has 2 aromatic carbocycles. The van der Waals surface area contributed by atoms with Gasteiger partial charge in [-0.1, -0.05) is 43.1 Å². The number of nitrogens with one attached hydrogen (secondary N) is 1. The van der Waals surface area contributed by atoms with Gasteiger partial charge in [0.1, 0.15) is 5.75 Å². The molecule has 2 N–H and O–H groups in total. The average Bonchev–Trinajstić information content (AvgIpc) is 2.56. The third kappa shape index (κ3) is 4.27. The van der Waals surface area contributed by atoms with Gasteiger partial charge in [-0.2, -0.15) is 18.4 Å². The number of benzene rings is 2. The van der Waals surface area contributed by atoms with Crippen molar-refractivity contribution in [3.8, 4) is 5.75 Å². The van der Waals surface area contributed by atoms with Gasteiger partial charge in [0.25, 0.3) is 10.0 Å². The predicted octanol–water partition coefficient (Wildman–Crippen LogP) is 3.84. The fourth-order valence-electron chi connectivity index (χ4n) is 2.15. The molecular formula is C17H19ClN2O3S. The molecule has 7 heteroatoms. The van der Waals surface area contributed by atoms with E-state index in [9.17, 15) is 13.5 Å². The van der Waals surface area contributed by atoms with Crippen molar-refractivity contribution in [3.05, 3.63) is 58.6 Å². The standard InChI is InChI=1S/C17H19ClN2O3S/c1-3-7-16(14-11-15(18)12(2)10-17(14)21)19-20-24(22,23)13-8-5-4-6-9-13/h4-6,8-11,20-21H,3,7H2,1-2H3/b19-16-. The predicted molar refractivity (Wildman–Crippen MR) is 96.1 cm³/mol. The average molecular weight is 367 g/mol. The molecule has 24 heavy (non-hydrogen) atoms. The minimum Gasteiger partial charge on any atom is -0.507 e. The van der Waals surface area contributed by atoms with Crippen LogP contribution in [0.2, 0.25) is 5.02 Å². The van der Waals surface area contributed by atoms with Crippen LogP contribution in [0.4, 0.5) is 0 Å². The molecule has 0 aliphatic heterocycles. The van der Waals surface area contributed by atoms with E-state index < -0.39 is 10.0 Å². The molecule has 2 rings (SSSR count). The Morgan fingerprint density at radius 3 is 2.54 bits per heavy atom. The molecule has 0 heterocycles. The van der Waals surface area contributed by atoms with Crippen LogP contribution in [0.5, 0.6) is 5.75 Å². The molecule has 0 saturated carbocycles. The van der Waals surface area contributed by atoms with Crippen molar-refractivity contribution in [1.82, 2.24) is 4.83 Å². The maximum absolute atomic E-state index is 12.3. The summed E-state index contributed by atoms with van der Waals surface area (Å²) in [6, 6.07) is 11.1. The summed E-state index contributed by atoms with van der Waals surface area (Å²) in [6.07, 6.45) is 1.22. The zero-order valence-electron chi connectivity index (χ0n) is 13.5. The number of sulfonamides is 1. The molecule has 2 aromatic rings. The number of halogens is 1. The second kappa shape index (κ2) is 7.68. The molecule has 0 spiro atoms. The number of hydrazone groups is 1. The normalized spacial score (nSPS) is 12.2. The van der Waals surface area contributed by atoms with E-state index in [-0.39, 0.29) is 10.6 Å². The number of aryl methyl sites for hydroxylation is 1. The van der Waals surface area contributed by atoms with Gasteiger partial charge in [0.2, 0.25) is 0 Å². The van der Waals surface area contributed by atoms with Gasteiger partial charge in [-0.05, 0) is 43.2 Å². The van der Waals surface area contributed by atoms with Gasteiger partial charge in [0.15, 0.2) is 0 Å². The highest BCUT2D eigenvalue weighted by atomic mass is 35.5. The number of phenolic OH excluding ortho intramolecular Hbond substituents is 1. The highest BCUT2D eigenvalue weighted by Crippen LogP contribution is 2.27. The molecule has 128 valence electrons. The topological polar surface area (TPSA) is 78.8 Å². The van der Waals surface area contributed by atoms with E-state index in [4.69, 9.17) is 11.6 Å². The maximum Gasteiger partial charge on any atom is 0.276 e. The smallest absolute Gasteiger partial charge is 0.276 e. The molecule has 0 aliphatic rings. The van der Waals surface area contributed by atoms with Crippen molar-refractivity contribution >= 4 is 27.3 Å². The summed E-state index contributed by atoms with van der Waals surface area (Å²) in [6.45, 7) is 3.72. The largest absolute Gasteiger partial charge is 0.507 e. The fourth-order valence-corrected chi connectivity index (χ4v) is 3.17. The molecule has 0 amide bonds. The first-order valence-electron chi connectivity index (χ1n) is 7.48. The zero-order valence-corrected chi connectivity index (χ0v) is 15.0. The number of phenols is 1. The first-order valence-corrected chi connectivity index (χ1v) is 9.34. The number of aromatic hydroxyl groups is 1. The van der Waals surface area contributed by atoms with E-state index >= 15 is 0 Å². The van der Waals surface area contributed by atoms with Crippen LogP contribution in [0.25, 0.3) is 0 Å². The van der Waals surface area contributed by atoms with E-state index in [1.54, 1.807) is 31.2 Å².